The highest BCUT2D eigenvalue weighted by Gasteiger charge is 2.26. The van der Waals surface area contributed by atoms with Crippen molar-refractivity contribution >= 4 is 5.97 Å². The Hall–Kier alpha value is -2.24. The molecule has 2 aromatic rings. The van der Waals surface area contributed by atoms with E-state index in [1.54, 1.807) is 18.2 Å². The standard InChI is InChI=1S/C26H33FO4/c1-3-5-6-7-9-19-10-13-22(14-11-19)31-25(28)21-12-15-23(24(27)16-21)26-29-17-20(8-4-2)18-30-26/h10-16,20,26H,3-9,17-18H2,1-2H3. The molecule has 0 amide bonds. The van der Waals surface area contributed by atoms with Crippen LogP contribution in [0.4, 0.5) is 4.39 Å². The van der Waals surface area contributed by atoms with Crippen LogP contribution in [0.3, 0.4) is 0 Å². The highest BCUT2D eigenvalue weighted by molar-refractivity contribution is 5.91. The summed E-state index contributed by atoms with van der Waals surface area (Å²) in [5.41, 5.74) is 1.68. The highest BCUT2D eigenvalue weighted by Crippen LogP contribution is 2.29. The first-order valence-corrected chi connectivity index (χ1v) is 11.4. The van der Waals surface area contributed by atoms with Gasteiger partial charge in [-0.15, -0.1) is 0 Å². The lowest BCUT2D eigenvalue weighted by atomic mass is 10.0. The molecule has 0 aliphatic carbocycles. The Morgan fingerprint density at radius 3 is 2.39 bits per heavy atom. The van der Waals surface area contributed by atoms with Crippen LogP contribution in [0, 0.1) is 11.7 Å². The number of unbranched alkanes of at least 4 members (excludes halogenated alkanes) is 3. The number of benzene rings is 2. The number of rotatable bonds is 10. The summed E-state index contributed by atoms with van der Waals surface area (Å²) in [5, 5.41) is 0. The summed E-state index contributed by atoms with van der Waals surface area (Å²) in [6.45, 7) is 5.42. The smallest absolute Gasteiger partial charge is 0.343 e. The minimum absolute atomic E-state index is 0.157. The summed E-state index contributed by atoms with van der Waals surface area (Å²) in [4.78, 5) is 12.4. The zero-order valence-electron chi connectivity index (χ0n) is 18.6. The van der Waals surface area contributed by atoms with E-state index in [9.17, 15) is 9.18 Å². The van der Waals surface area contributed by atoms with Gasteiger partial charge in [0.2, 0.25) is 0 Å². The van der Waals surface area contributed by atoms with E-state index in [-0.39, 0.29) is 5.56 Å². The summed E-state index contributed by atoms with van der Waals surface area (Å²) < 4.78 is 31.4. The van der Waals surface area contributed by atoms with Gasteiger partial charge in [-0.25, -0.2) is 9.18 Å². The van der Waals surface area contributed by atoms with Gasteiger partial charge in [-0.2, -0.15) is 0 Å². The van der Waals surface area contributed by atoms with E-state index < -0.39 is 18.1 Å². The van der Waals surface area contributed by atoms with Crippen molar-refractivity contribution in [1.82, 2.24) is 0 Å². The van der Waals surface area contributed by atoms with Crippen molar-refractivity contribution in [3.8, 4) is 5.75 Å². The third-order valence-corrected chi connectivity index (χ3v) is 5.61. The van der Waals surface area contributed by atoms with Crippen molar-refractivity contribution in [2.75, 3.05) is 13.2 Å². The quantitative estimate of drug-likeness (QED) is 0.242. The molecule has 3 rings (SSSR count). The second kappa shape index (κ2) is 12.0. The molecule has 0 N–H and O–H groups in total. The van der Waals surface area contributed by atoms with Crippen molar-refractivity contribution in [2.45, 2.75) is 65.1 Å². The third kappa shape index (κ3) is 6.88. The maximum atomic E-state index is 14.6. The van der Waals surface area contributed by atoms with Crippen LogP contribution in [0.25, 0.3) is 0 Å². The van der Waals surface area contributed by atoms with E-state index in [1.807, 2.05) is 12.1 Å². The van der Waals surface area contributed by atoms with Gasteiger partial charge in [-0.05, 0) is 49.1 Å². The Balaban J connectivity index is 1.54. The van der Waals surface area contributed by atoms with Gasteiger partial charge in [0.15, 0.2) is 6.29 Å². The van der Waals surface area contributed by atoms with E-state index in [0.717, 1.165) is 25.7 Å². The van der Waals surface area contributed by atoms with Crippen LogP contribution in [0.5, 0.6) is 5.75 Å². The van der Waals surface area contributed by atoms with Gasteiger partial charge in [0.25, 0.3) is 0 Å². The monoisotopic (exact) mass is 428 g/mol. The van der Waals surface area contributed by atoms with Crippen molar-refractivity contribution in [2.24, 2.45) is 5.92 Å². The van der Waals surface area contributed by atoms with Gasteiger partial charge in [0.1, 0.15) is 11.6 Å². The Morgan fingerprint density at radius 2 is 1.74 bits per heavy atom. The molecule has 5 heteroatoms. The van der Waals surface area contributed by atoms with Gasteiger partial charge < -0.3 is 14.2 Å². The molecule has 1 fully saturated rings. The van der Waals surface area contributed by atoms with Crippen molar-refractivity contribution in [3.05, 3.63) is 65.0 Å². The molecule has 1 aliphatic rings. The molecular weight excluding hydrogens is 395 g/mol. The van der Waals surface area contributed by atoms with Crippen LogP contribution in [0.1, 0.15) is 80.1 Å². The normalized spacial score (nSPS) is 18.7. The zero-order chi connectivity index (χ0) is 22.1. The minimum atomic E-state index is -0.733. The number of ether oxygens (including phenoxy) is 3. The fourth-order valence-electron chi connectivity index (χ4n) is 3.79. The van der Waals surface area contributed by atoms with Gasteiger partial charge in [0, 0.05) is 11.5 Å². The van der Waals surface area contributed by atoms with E-state index in [4.69, 9.17) is 14.2 Å². The Labute approximate surface area is 184 Å². The fraction of sp³-hybridized carbons (Fsp3) is 0.500. The molecular formula is C26H33FO4. The number of carbonyl (C=O) groups excluding carboxylic acids is 1. The molecule has 0 atom stereocenters. The molecule has 0 saturated carbocycles. The zero-order valence-corrected chi connectivity index (χ0v) is 18.6. The lowest BCUT2D eigenvalue weighted by Gasteiger charge is -2.29. The van der Waals surface area contributed by atoms with Crippen LogP contribution < -0.4 is 4.74 Å². The van der Waals surface area contributed by atoms with Gasteiger partial charge in [-0.1, -0.05) is 57.7 Å². The first kappa shape index (κ1) is 23.4. The van der Waals surface area contributed by atoms with Gasteiger partial charge in [-0.3, -0.25) is 0 Å². The molecule has 0 aromatic heterocycles. The predicted octanol–water partition coefficient (Wildman–Crippen LogP) is 6.63. The molecule has 1 heterocycles. The average molecular weight is 429 g/mol. The van der Waals surface area contributed by atoms with E-state index in [0.29, 0.717) is 30.4 Å². The van der Waals surface area contributed by atoms with Crippen molar-refractivity contribution in [1.29, 1.82) is 0 Å². The number of esters is 1. The molecule has 0 unspecified atom stereocenters. The van der Waals surface area contributed by atoms with E-state index in [2.05, 4.69) is 13.8 Å². The molecule has 168 valence electrons. The van der Waals surface area contributed by atoms with Gasteiger partial charge >= 0.3 is 5.97 Å². The summed E-state index contributed by atoms with van der Waals surface area (Å²) in [6.07, 6.45) is 7.24. The van der Waals surface area contributed by atoms with Crippen LogP contribution in [-0.2, 0) is 15.9 Å². The first-order chi connectivity index (χ1) is 15.1. The van der Waals surface area contributed by atoms with E-state index >= 15 is 0 Å². The number of halogens is 1. The number of aryl methyl sites for hydroxylation is 1. The highest BCUT2D eigenvalue weighted by atomic mass is 19.1. The predicted molar refractivity (Wildman–Crippen MR) is 119 cm³/mol. The summed E-state index contributed by atoms with van der Waals surface area (Å²) in [5.74, 6) is -0.320. The summed E-state index contributed by atoms with van der Waals surface area (Å²) in [7, 11) is 0. The lowest BCUT2D eigenvalue weighted by Crippen LogP contribution is -2.27. The molecule has 2 aromatic carbocycles. The topological polar surface area (TPSA) is 44.8 Å². The largest absolute Gasteiger partial charge is 0.423 e. The van der Waals surface area contributed by atoms with Crippen LogP contribution in [0.2, 0.25) is 0 Å². The van der Waals surface area contributed by atoms with Crippen LogP contribution >= 0.6 is 0 Å². The second-order valence-electron chi connectivity index (χ2n) is 8.23. The number of hydrogen-bond donors (Lipinski definition) is 0. The summed E-state index contributed by atoms with van der Waals surface area (Å²) in [6, 6.07) is 11.8. The average Bonchev–Trinajstić information content (AvgIpc) is 2.78. The first-order valence-electron chi connectivity index (χ1n) is 11.4. The Morgan fingerprint density at radius 1 is 1.00 bits per heavy atom. The molecule has 31 heavy (non-hydrogen) atoms. The number of hydrogen-bond acceptors (Lipinski definition) is 4. The van der Waals surface area contributed by atoms with Crippen molar-refractivity contribution < 1.29 is 23.4 Å². The fourth-order valence-corrected chi connectivity index (χ4v) is 3.79. The third-order valence-electron chi connectivity index (χ3n) is 5.61. The summed E-state index contributed by atoms with van der Waals surface area (Å²) >= 11 is 0. The Kier molecular flexibility index (Phi) is 9.04. The minimum Gasteiger partial charge on any atom is -0.423 e. The second-order valence-corrected chi connectivity index (χ2v) is 8.23. The molecule has 0 spiro atoms. The molecule has 1 aliphatic heterocycles. The molecule has 0 bridgehead atoms. The maximum Gasteiger partial charge on any atom is 0.343 e. The maximum absolute atomic E-state index is 14.6. The van der Waals surface area contributed by atoms with Gasteiger partial charge in [0.05, 0.1) is 18.8 Å². The van der Waals surface area contributed by atoms with Crippen LogP contribution in [-0.4, -0.2) is 19.2 Å². The van der Waals surface area contributed by atoms with Crippen molar-refractivity contribution in [3.63, 3.8) is 0 Å². The number of carbonyl (C=O) groups is 1. The molecule has 1 saturated heterocycles. The SMILES string of the molecule is CCCCCCc1ccc(OC(=O)c2ccc(C3OCC(CCC)CO3)c(F)c2)cc1. The molecule has 0 radical (unpaired) electrons. The molecule has 4 nitrogen and oxygen atoms in total. The Bertz CT molecular complexity index is 826. The van der Waals surface area contributed by atoms with Crippen LogP contribution in [0.15, 0.2) is 42.5 Å². The van der Waals surface area contributed by atoms with E-state index in [1.165, 1.54) is 37.0 Å². The lowest BCUT2D eigenvalue weighted by molar-refractivity contribution is -0.207.